The Morgan fingerprint density at radius 2 is 1.72 bits per heavy atom. The summed E-state index contributed by atoms with van der Waals surface area (Å²) in [4.78, 5) is 27.2. The van der Waals surface area contributed by atoms with Gasteiger partial charge in [0, 0.05) is 6.54 Å². The molecule has 0 saturated heterocycles. The van der Waals surface area contributed by atoms with Gasteiger partial charge in [0.15, 0.2) is 0 Å². The molecule has 1 unspecified atom stereocenters. The molecule has 3 aromatic rings. The van der Waals surface area contributed by atoms with Gasteiger partial charge < -0.3 is 14.6 Å². The molecule has 0 bridgehead atoms. The lowest BCUT2D eigenvalue weighted by molar-refractivity contribution is -0.140. The fourth-order valence-electron chi connectivity index (χ4n) is 2.98. The molecule has 150 valence electrons. The molecular weight excluding hydrogens is 371 g/mol. The Labute approximate surface area is 169 Å². The van der Waals surface area contributed by atoms with E-state index in [1.807, 2.05) is 30.3 Å². The molecule has 1 atom stereocenters. The third-order valence-corrected chi connectivity index (χ3v) is 4.65. The minimum Gasteiger partial charge on any atom is -0.467 e. The number of benzene rings is 2. The number of nitrogens with zero attached hydrogens (tertiary/aromatic N) is 1. The van der Waals surface area contributed by atoms with Crippen molar-refractivity contribution >= 4 is 11.8 Å². The van der Waals surface area contributed by atoms with Crippen LogP contribution in [0.2, 0.25) is 0 Å². The molecular formula is C23H23FN2O3. The van der Waals surface area contributed by atoms with Crippen molar-refractivity contribution in [2.24, 2.45) is 0 Å². The summed E-state index contributed by atoms with van der Waals surface area (Å²) in [5, 5.41) is 2.79. The van der Waals surface area contributed by atoms with Gasteiger partial charge in [-0.1, -0.05) is 42.5 Å². The van der Waals surface area contributed by atoms with E-state index in [0.29, 0.717) is 5.76 Å². The molecule has 2 amide bonds. The van der Waals surface area contributed by atoms with Crippen LogP contribution < -0.4 is 5.32 Å². The second-order valence-electron chi connectivity index (χ2n) is 6.78. The van der Waals surface area contributed by atoms with Crippen molar-refractivity contribution in [1.82, 2.24) is 10.2 Å². The summed E-state index contributed by atoms with van der Waals surface area (Å²) in [5.74, 6) is -0.183. The first-order valence-electron chi connectivity index (χ1n) is 9.41. The van der Waals surface area contributed by atoms with Crippen LogP contribution in [-0.2, 0) is 29.1 Å². The van der Waals surface area contributed by atoms with E-state index in [4.69, 9.17) is 4.42 Å². The number of hydrogen-bond donors (Lipinski definition) is 1. The Bertz CT molecular complexity index is 925. The van der Waals surface area contributed by atoms with E-state index in [2.05, 4.69) is 5.32 Å². The molecule has 3 rings (SSSR count). The summed E-state index contributed by atoms with van der Waals surface area (Å²) in [5.41, 5.74) is 1.61. The van der Waals surface area contributed by atoms with Gasteiger partial charge in [-0.15, -0.1) is 0 Å². The molecule has 5 nitrogen and oxygen atoms in total. The van der Waals surface area contributed by atoms with Crippen molar-refractivity contribution in [2.75, 3.05) is 0 Å². The minimum atomic E-state index is -0.703. The highest BCUT2D eigenvalue weighted by molar-refractivity contribution is 5.88. The van der Waals surface area contributed by atoms with Crippen molar-refractivity contribution < 1.29 is 18.4 Å². The van der Waals surface area contributed by atoms with Gasteiger partial charge in [0.25, 0.3) is 0 Å². The molecule has 29 heavy (non-hydrogen) atoms. The zero-order valence-corrected chi connectivity index (χ0v) is 16.2. The Hall–Kier alpha value is -3.41. The van der Waals surface area contributed by atoms with Crippen molar-refractivity contribution in [3.05, 3.63) is 95.7 Å². The lowest BCUT2D eigenvalue weighted by Gasteiger charge is -2.29. The lowest BCUT2D eigenvalue weighted by atomic mass is 10.1. The fraction of sp³-hybridized carbons (Fsp3) is 0.217. The first kappa shape index (κ1) is 20.3. The van der Waals surface area contributed by atoms with Gasteiger partial charge >= 0.3 is 0 Å². The number of halogens is 1. The van der Waals surface area contributed by atoms with Crippen LogP contribution in [0.5, 0.6) is 0 Å². The van der Waals surface area contributed by atoms with Gasteiger partial charge in [0.2, 0.25) is 11.8 Å². The maximum absolute atomic E-state index is 13.2. The minimum absolute atomic E-state index is 0.178. The number of carbonyl (C=O) groups is 2. The van der Waals surface area contributed by atoms with E-state index >= 15 is 0 Å². The van der Waals surface area contributed by atoms with Crippen molar-refractivity contribution in [2.45, 2.75) is 32.5 Å². The summed E-state index contributed by atoms with van der Waals surface area (Å²) in [6.45, 7) is 2.14. The zero-order chi connectivity index (χ0) is 20.6. The molecule has 1 aromatic heterocycles. The zero-order valence-electron chi connectivity index (χ0n) is 16.2. The van der Waals surface area contributed by atoms with E-state index in [9.17, 15) is 14.0 Å². The summed E-state index contributed by atoms with van der Waals surface area (Å²) in [6, 6.07) is 18.1. The van der Waals surface area contributed by atoms with Crippen LogP contribution in [0.25, 0.3) is 0 Å². The summed E-state index contributed by atoms with van der Waals surface area (Å²) < 4.78 is 18.5. The Morgan fingerprint density at radius 3 is 2.38 bits per heavy atom. The number of furan rings is 1. The smallest absolute Gasteiger partial charge is 0.242 e. The predicted molar refractivity (Wildman–Crippen MR) is 107 cm³/mol. The number of amides is 2. The standard InChI is InChI=1S/C23H23FN2O3/c1-17(23(28)25-15-21-8-5-13-29-21)26(16-19-9-11-20(24)12-10-19)22(27)14-18-6-3-2-4-7-18/h2-13,17H,14-16H2,1H3,(H,25,28). The van der Waals surface area contributed by atoms with Gasteiger partial charge in [-0.3, -0.25) is 9.59 Å². The maximum atomic E-state index is 13.2. The van der Waals surface area contributed by atoms with E-state index < -0.39 is 6.04 Å². The Morgan fingerprint density at radius 1 is 1.00 bits per heavy atom. The lowest BCUT2D eigenvalue weighted by Crippen LogP contribution is -2.47. The highest BCUT2D eigenvalue weighted by atomic mass is 19.1. The monoisotopic (exact) mass is 394 g/mol. The molecule has 0 spiro atoms. The average molecular weight is 394 g/mol. The topological polar surface area (TPSA) is 62.6 Å². The molecule has 0 aliphatic carbocycles. The molecule has 0 fully saturated rings. The molecule has 0 radical (unpaired) electrons. The number of carbonyl (C=O) groups excluding carboxylic acids is 2. The number of hydrogen-bond acceptors (Lipinski definition) is 3. The van der Waals surface area contributed by atoms with Crippen LogP contribution >= 0.6 is 0 Å². The van der Waals surface area contributed by atoms with Crippen molar-refractivity contribution in [3.63, 3.8) is 0 Å². The van der Waals surface area contributed by atoms with Crippen LogP contribution in [0.3, 0.4) is 0 Å². The molecule has 0 aliphatic rings. The summed E-state index contributed by atoms with van der Waals surface area (Å²) in [7, 11) is 0. The van der Waals surface area contributed by atoms with E-state index in [0.717, 1.165) is 11.1 Å². The number of nitrogens with one attached hydrogen (secondary N) is 1. The molecule has 6 heteroatoms. The molecule has 0 aliphatic heterocycles. The van der Waals surface area contributed by atoms with Gasteiger partial charge in [0.05, 0.1) is 19.2 Å². The fourth-order valence-corrected chi connectivity index (χ4v) is 2.98. The second kappa shape index (κ2) is 9.68. The van der Waals surface area contributed by atoms with Crippen LogP contribution in [0.1, 0.15) is 23.8 Å². The van der Waals surface area contributed by atoms with Gasteiger partial charge in [-0.25, -0.2) is 4.39 Å². The molecule has 1 heterocycles. The number of rotatable bonds is 8. The van der Waals surface area contributed by atoms with Gasteiger partial charge in [-0.2, -0.15) is 0 Å². The third-order valence-electron chi connectivity index (χ3n) is 4.65. The first-order valence-corrected chi connectivity index (χ1v) is 9.41. The normalized spacial score (nSPS) is 11.7. The molecule has 2 aromatic carbocycles. The van der Waals surface area contributed by atoms with Crippen molar-refractivity contribution in [1.29, 1.82) is 0 Å². The SMILES string of the molecule is CC(C(=O)NCc1ccco1)N(Cc1ccc(F)cc1)C(=O)Cc1ccccc1. The average Bonchev–Trinajstić information content (AvgIpc) is 3.25. The highest BCUT2D eigenvalue weighted by Crippen LogP contribution is 2.13. The Kier molecular flexibility index (Phi) is 6.79. The van der Waals surface area contributed by atoms with E-state index in [-0.39, 0.29) is 37.1 Å². The van der Waals surface area contributed by atoms with Crippen LogP contribution in [0.4, 0.5) is 4.39 Å². The predicted octanol–water partition coefficient (Wildman–Crippen LogP) is 3.69. The first-order chi connectivity index (χ1) is 14.0. The molecule has 0 saturated carbocycles. The van der Waals surface area contributed by atoms with Gasteiger partial charge in [0.1, 0.15) is 17.6 Å². The van der Waals surface area contributed by atoms with Crippen LogP contribution in [0.15, 0.2) is 77.4 Å². The van der Waals surface area contributed by atoms with Crippen LogP contribution in [-0.4, -0.2) is 22.8 Å². The highest BCUT2D eigenvalue weighted by Gasteiger charge is 2.26. The van der Waals surface area contributed by atoms with Crippen molar-refractivity contribution in [3.8, 4) is 0 Å². The second-order valence-corrected chi connectivity index (χ2v) is 6.78. The largest absolute Gasteiger partial charge is 0.467 e. The Balaban J connectivity index is 1.73. The van der Waals surface area contributed by atoms with E-state index in [1.54, 1.807) is 31.2 Å². The summed E-state index contributed by atoms with van der Waals surface area (Å²) in [6.07, 6.45) is 1.72. The molecule has 1 N–H and O–H groups in total. The summed E-state index contributed by atoms with van der Waals surface area (Å²) >= 11 is 0. The third kappa shape index (κ3) is 5.78. The van der Waals surface area contributed by atoms with Gasteiger partial charge in [-0.05, 0) is 42.3 Å². The quantitative estimate of drug-likeness (QED) is 0.634. The van der Waals surface area contributed by atoms with E-state index in [1.165, 1.54) is 23.3 Å². The van der Waals surface area contributed by atoms with Crippen LogP contribution in [0, 0.1) is 5.82 Å². The maximum Gasteiger partial charge on any atom is 0.242 e.